The van der Waals surface area contributed by atoms with E-state index in [9.17, 15) is 9.59 Å². The van der Waals surface area contributed by atoms with Crippen LogP contribution in [0.3, 0.4) is 0 Å². The molecular weight excluding hydrogens is 510 g/mol. The van der Waals surface area contributed by atoms with E-state index >= 15 is 0 Å². The van der Waals surface area contributed by atoms with Crippen molar-refractivity contribution < 1.29 is 19.1 Å². The smallest absolute Gasteiger partial charge is 0.323 e. The summed E-state index contributed by atoms with van der Waals surface area (Å²) in [4.78, 5) is 24.1. The first-order chi connectivity index (χ1) is 20.1. The van der Waals surface area contributed by atoms with Crippen LogP contribution in [0.25, 0.3) is 0 Å². The predicted molar refractivity (Wildman–Crippen MR) is 175 cm³/mol. The molecule has 0 aliphatic heterocycles. The lowest BCUT2D eigenvalue weighted by Gasteiger charge is -2.11. The third-order valence-corrected chi connectivity index (χ3v) is 8.19. The molecule has 0 rings (SSSR count). The quantitative estimate of drug-likeness (QED) is 0.0616. The Morgan fingerprint density at radius 1 is 0.439 bits per heavy atom. The fourth-order valence-electron chi connectivity index (χ4n) is 5.38. The molecule has 0 saturated heterocycles. The van der Waals surface area contributed by atoms with Crippen molar-refractivity contribution in [3.63, 3.8) is 0 Å². The van der Waals surface area contributed by atoms with Crippen LogP contribution in [0.1, 0.15) is 200 Å². The van der Waals surface area contributed by atoms with Gasteiger partial charge in [0.1, 0.15) is 6.04 Å². The Balaban J connectivity index is 3.40. The lowest BCUT2D eigenvalue weighted by molar-refractivity contribution is -0.152. The van der Waals surface area contributed by atoms with Crippen molar-refractivity contribution in [2.45, 2.75) is 206 Å². The van der Waals surface area contributed by atoms with Gasteiger partial charge in [0.15, 0.2) is 0 Å². The Bertz CT molecular complexity index is 554. The minimum absolute atomic E-state index is 0.101. The second-order valence-electron chi connectivity index (χ2n) is 12.4. The second kappa shape index (κ2) is 33.4. The van der Waals surface area contributed by atoms with E-state index in [4.69, 9.17) is 15.2 Å². The number of carbonyl (C=O) groups excluding carboxylic acids is 2. The molecule has 0 aromatic rings. The minimum atomic E-state index is -0.925. The predicted octanol–water partition coefficient (Wildman–Crippen LogP) is 10.8. The van der Waals surface area contributed by atoms with Crippen molar-refractivity contribution in [2.24, 2.45) is 5.73 Å². The van der Waals surface area contributed by atoms with Crippen molar-refractivity contribution in [2.75, 3.05) is 13.2 Å². The van der Waals surface area contributed by atoms with E-state index in [0.29, 0.717) is 13.2 Å². The highest BCUT2D eigenvalue weighted by Gasteiger charge is 2.19. The summed E-state index contributed by atoms with van der Waals surface area (Å²) in [6.45, 7) is 5.34. The standard InChI is InChI=1S/C36H71NO4/c1-3-5-7-9-11-13-15-17-19-21-23-25-27-29-31-40-35(38)33-34(37)36(39)41-32-30-28-26-24-22-20-18-16-14-12-10-8-6-4-2/h34H,3-33,37H2,1-2H3/t34-/m0/s1. The highest BCUT2D eigenvalue weighted by molar-refractivity contribution is 5.82. The molecule has 0 amide bonds. The zero-order valence-corrected chi connectivity index (χ0v) is 27.7. The maximum atomic E-state index is 12.1. The summed E-state index contributed by atoms with van der Waals surface area (Å²) in [5.41, 5.74) is 5.86. The molecule has 0 radical (unpaired) electrons. The number of rotatable bonds is 33. The van der Waals surface area contributed by atoms with Gasteiger partial charge in [0.05, 0.1) is 19.6 Å². The molecule has 5 heteroatoms. The fourth-order valence-corrected chi connectivity index (χ4v) is 5.38. The molecule has 0 aliphatic carbocycles. The molecule has 0 aliphatic rings. The van der Waals surface area contributed by atoms with Crippen molar-refractivity contribution in [3.05, 3.63) is 0 Å². The SMILES string of the molecule is CCCCCCCCCCCCCCCCOC(=O)C[C@H](N)C(=O)OCCCCCCCCCCCCCCCC. The average molecular weight is 582 g/mol. The number of unbranched alkanes of at least 4 members (excludes halogenated alkanes) is 26. The summed E-state index contributed by atoms with van der Waals surface area (Å²) in [5, 5.41) is 0. The molecular formula is C36H71NO4. The average Bonchev–Trinajstić information content (AvgIpc) is 2.96. The lowest BCUT2D eigenvalue weighted by Crippen LogP contribution is -2.35. The molecule has 244 valence electrons. The highest BCUT2D eigenvalue weighted by Crippen LogP contribution is 2.14. The van der Waals surface area contributed by atoms with Gasteiger partial charge in [-0.2, -0.15) is 0 Å². The Labute approximate surface area is 255 Å². The van der Waals surface area contributed by atoms with E-state index in [1.807, 2.05) is 0 Å². The van der Waals surface area contributed by atoms with Crippen LogP contribution >= 0.6 is 0 Å². The molecule has 0 unspecified atom stereocenters. The van der Waals surface area contributed by atoms with Gasteiger partial charge < -0.3 is 15.2 Å². The molecule has 0 bridgehead atoms. The number of esters is 2. The monoisotopic (exact) mass is 582 g/mol. The zero-order valence-electron chi connectivity index (χ0n) is 27.7. The Morgan fingerprint density at radius 3 is 1.02 bits per heavy atom. The third-order valence-electron chi connectivity index (χ3n) is 8.19. The summed E-state index contributed by atoms with van der Waals surface area (Å²) in [7, 11) is 0. The summed E-state index contributed by atoms with van der Waals surface area (Å²) in [6.07, 6.45) is 36.2. The Hall–Kier alpha value is -1.10. The summed E-state index contributed by atoms with van der Waals surface area (Å²) in [6, 6.07) is -0.925. The van der Waals surface area contributed by atoms with Crippen LogP contribution in [0.4, 0.5) is 0 Å². The molecule has 0 spiro atoms. The number of ether oxygens (including phenoxy) is 2. The van der Waals surface area contributed by atoms with Crippen LogP contribution in [0.5, 0.6) is 0 Å². The van der Waals surface area contributed by atoms with Gasteiger partial charge in [-0.25, -0.2) is 0 Å². The number of hydrogen-bond acceptors (Lipinski definition) is 5. The van der Waals surface area contributed by atoms with Crippen molar-refractivity contribution in [1.82, 2.24) is 0 Å². The van der Waals surface area contributed by atoms with Crippen LogP contribution < -0.4 is 5.73 Å². The van der Waals surface area contributed by atoms with Crippen molar-refractivity contribution in [1.29, 1.82) is 0 Å². The van der Waals surface area contributed by atoms with Crippen LogP contribution in [0.15, 0.2) is 0 Å². The van der Waals surface area contributed by atoms with Crippen LogP contribution in [0, 0.1) is 0 Å². The second-order valence-corrected chi connectivity index (χ2v) is 12.4. The summed E-state index contributed by atoms with van der Waals surface area (Å²) >= 11 is 0. The first-order valence-electron chi connectivity index (χ1n) is 18.2. The van der Waals surface area contributed by atoms with Crippen molar-refractivity contribution in [3.8, 4) is 0 Å². The van der Waals surface area contributed by atoms with E-state index in [1.165, 1.54) is 154 Å². The Morgan fingerprint density at radius 2 is 0.707 bits per heavy atom. The van der Waals surface area contributed by atoms with Gasteiger partial charge >= 0.3 is 11.9 Å². The normalized spacial score (nSPS) is 12.0. The van der Waals surface area contributed by atoms with Gasteiger partial charge in [-0.3, -0.25) is 9.59 Å². The fraction of sp³-hybridized carbons (Fsp3) is 0.944. The van der Waals surface area contributed by atoms with E-state index in [0.717, 1.165) is 25.7 Å². The van der Waals surface area contributed by atoms with E-state index < -0.39 is 18.0 Å². The highest BCUT2D eigenvalue weighted by atomic mass is 16.5. The number of carbonyl (C=O) groups is 2. The maximum absolute atomic E-state index is 12.1. The van der Waals surface area contributed by atoms with Gasteiger partial charge in [-0.15, -0.1) is 0 Å². The summed E-state index contributed by atoms with van der Waals surface area (Å²) in [5.74, 6) is -0.895. The molecule has 0 aromatic carbocycles. The van der Waals surface area contributed by atoms with Crippen LogP contribution in [-0.4, -0.2) is 31.2 Å². The maximum Gasteiger partial charge on any atom is 0.323 e. The molecule has 0 heterocycles. The third kappa shape index (κ3) is 31.7. The first kappa shape index (κ1) is 39.9. The molecule has 0 fully saturated rings. The number of hydrogen-bond donors (Lipinski definition) is 1. The van der Waals surface area contributed by atoms with Crippen LogP contribution in [0.2, 0.25) is 0 Å². The van der Waals surface area contributed by atoms with Gasteiger partial charge in [-0.05, 0) is 12.8 Å². The first-order valence-corrected chi connectivity index (χ1v) is 18.2. The minimum Gasteiger partial charge on any atom is -0.466 e. The van der Waals surface area contributed by atoms with E-state index in [2.05, 4.69) is 13.8 Å². The van der Waals surface area contributed by atoms with Gasteiger partial charge in [0.25, 0.3) is 0 Å². The molecule has 41 heavy (non-hydrogen) atoms. The lowest BCUT2D eigenvalue weighted by atomic mass is 10.0. The molecule has 2 N–H and O–H groups in total. The molecule has 0 saturated carbocycles. The summed E-state index contributed by atoms with van der Waals surface area (Å²) < 4.78 is 10.5. The van der Waals surface area contributed by atoms with Gasteiger partial charge in [0.2, 0.25) is 0 Å². The largest absolute Gasteiger partial charge is 0.466 e. The van der Waals surface area contributed by atoms with Gasteiger partial charge in [0, 0.05) is 0 Å². The molecule has 5 nitrogen and oxygen atoms in total. The van der Waals surface area contributed by atoms with Gasteiger partial charge in [-0.1, -0.05) is 181 Å². The topological polar surface area (TPSA) is 78.6 Å². The van der Waals surface area contributed by atoms with Crippen molar-refractivity contribution >= 4 is 11.9 Å². The molecule has 0 aromatic heterocycles. The van der Waals surface area contributed by atoms with E-state index in [1.54, 1.807) is 0 Å². The Kier molecular flexibility index (Phi) is 32.5. The molecule has 1 atom stereocenters. The number of nitrogens with two attached hydrogens (primary N) is 1. The van der Waals surface area contributed by atoms with E-state index in [-0.39, 0.29) is 6.42 Å². The van der Waals surface area contributed by atoms with Crippen LogP contribution in [-0.2, 0) is 19.1 Å². The zero-order chi connectivity index (χ0) is 30.1.